The van der Waals surface area contributed by atoms with Gasteiger partial charge in [0.15, 0.2) is 11.5 Å². The lowest BCUT2D eigenvalue weighted by Crippen LogP contribution is -2.25. The molecule has 45 heavy (non-hydrogen) atoms. The molecule has 1 aliphatic heterocycles. The number of aromatic nitrogens is 7. The van der Waals surface area contributed by atoms with E-state index in [-0.39, 0.29) is 11.8 Å². The van der Waals surface area contributed by atoms with E-state index < -0.39 is 5.82 Å². The Kier molecular flexibility index (Phi) is 6.90. The Labute approximate surface area is 257 Å². The SMILES string of the molecule is O=C(Nc1cncc(-c2cnc3n[nH]c(-c4nc5c(-c6cc(F)cc(OCCN7CCCC7)c6)nccc5[nH]4)c3c2)c1)C1CC1. The van der Waals surface area contributed by atoms with Gasteiger partial charge in [-0.2, -0.15) is 5.10 Å². The lowest BCUT2D eigenvalue weighted by Gasteiger charge is -2.15. The first-order valence-corrected chi connectivity index (χ1v) is 15.2. The molecule has 1 amide bonds. The summed E-state index contributed by atoms with van der Waals surface area (Å²) in [4.78, 5) is 36.3. The third-order valence-electron chi connectivity index (χ3n) is 8.35. The fraction of sp³-hybridized carbons (Fsp3) is 0.273. The number of hydrogen-bond donors (Lipinski definition) is 3. The fourth-order valence-corrected chi connectivity index (χ4v) is 5.84. The van der Waals surface area contributed by atoms with E-state index in [0.717, 1.165) is 54.5 Å². The molecule has 2 aliphatic rings. The molecule has 2 fully saturated rings. The molecule has 0 bridgehead atoms. The molecule has 6 heterocycles. The number of rotatable bonds is 9. The van der Waals surface area contributed by atoms with Crippen LogP contribution in [0.1, 0.15) is 25.7 Å². The normalized spacial score (nSPS) is 15.2. The Bertz CT molecular complexity index is 2050. The molecule has 11 nitrogen and oxygen atoms in total. The van der Waals surface area contributed by atoms with Crippen LogP contribution in [0.15, 0.2) is 61.2 Å². The largest absolute Gasteiger partial charge is 0.492 e. The second kappa shape index (κ2) is 11.4. The third-order valence-corrected chi connectivity index (χ3v) is 8.35. The minimum Gasteiger partial charge on any atom is -0.492 e. The van der Waals surface area contributed by atoms with Gasteiger partial charge in [0, 0.05) is 53.8 Å². The number of benzene rings is 1. The topological polar surface area (TPSA) is 138 Å². The number of pyridine rings is 3. The van der Waals surface area contributed by atoms with Crippen LogP contribution >= 0.6 is 0 Å². The smallest absolute Gasteiger partial charge is 0.227 e. The number of nitrogens with zero attached hydrogens (tertiary/aromatic N) is 6. The summed E-state index contributed by atoms with van der Waals surface area (Å²) in [7, 11) is 0. The zero-order valence-electron chi connectivity index (χ0n) is 24.4. The molecule has 0 radical (unpaired) electrons. The van der Waals surface area contributed by atoms with Crippen LogP contribution in [0.2, 0.25) is 0 Å². The van der Waals surface area contributed by atoms with E-state index in [2.05, 4.69) is 40.3 Å². The van der Waals surface area contributed by atoms with Crippen LogP contribution in [-0.4, -0.2) is 72.2 Å². The molecular weight excluding hydrogens is 573 g/mol. The van der Waals surface area contributed by atoms with Gasteiger partial charge < -0.3 is 15.0 Å². The van der Waals surface area contributed by atoms with E-state index in [1.165, 1.54) is 25.0 Å². The molecular formula is C33H30FN9O2. The Balaban J connectivity index is 1.10. The summed E-state index contributed by atoms with van der Waals surface area (Å²) in [5.74, 6) is 0.728. The predicted octanol–water partition coefficient (Wildman–Crippen LogP) is 5.59. The standard InChI is InChI=1S/C33H30FN9O2/c34-23-11-20(13-25(15-23)45-10-9-43-7-1-2-8-43)28-30-27(5-6-36-28)39-32(40-30)29-26-14-22(17-37-31(26)42-41-29)21-12-24(18-35-16-21)38-33(44)19-3-4-19/h5-6,11-19H,1-4,7-10H2,(H,38,44)(H,39,40)(H,37,41,42). The summed E-state index contributed by atoms with van der Waals surface area (Å²) >= 11 is 0. The molecule has 5 aromatic heterocycles. The number of imidazole rings is 1. The van der Waals surface area contributed by atoms with Crippen molar-refractivity contribution in [3.05, 3.63) is 67.0 Å². The van der Waals surface area contributed by atoms with Crippen molar-refractivity contribution in [3.63, 3.8) is 0 Å². The van der Waals surface area contributed by atoms with Gasteiger partial charge in [0.25, 0.3) is 0 Å². The quantitative estimate of drug-likeness (QED) is 0.195. The van der Waals surface area contributed by atoms with Gasteiger partial charge in [0.1, 0.15) is 29.4 Å². The van der Waals surface area contributed by atoms with Gasteiger partial charge in [-0.1, -0.05) is 0 Å². The molecule has 0 unspecified atom stereocenters. The number of anilines is 1. The highest BCUT2D eigenvalue weighted by molar-refractivity contribution is 5.97. The molecule has 1 saturated heterocycles. The second-order valence-corrected chi connectivity index (χ2v) is 11.6. The molecule has 3 N–H and O–H groups in total. The van der Waals surface area contributed by atoms with Gasteiger partial charge in [-0.25, -0.2) is 14.4 Å². The van der Waals surface area contributed by atoms with Crippen molar-refractivity contribution in [1.29, 1.82) is 0 Å². The van der Waals surface area contributed by atoms with E-state index in [4.69, 9.17) is 9.72 Å². The fourth-order valence-electron chi connectivity index (χ4n) is 5.84. The van der Waals surface area contributed by atoms with Crippen molar-refractivity contribution >= 4 is 33.7 Å². The summed E-state index contributed by atoms with van der Waals surface area (Å²) in [5.41, 5.74) is 5.90. The first-order chi connectivity index (χ1) is 22.1. The molecule has 6 aromatic rings. The molecule has 1 aliphatic carbocycles. The summed E-state index contributed by atoms with van der Waals surface area (Å²) in [6.07, 6.45) is 11.1. The maximum absolute atomic E-state index is 14.8. The Morgan fingerprint density at radius 3 is 2.76 bits per heavy atom. The lowest BCUT2D eigenvalue weighted by atomic mass is 10.1. The van der Waals surface area contributed by atoms with Crippen LogP contribution in [-0.2, 0) is 4.79 Å². The van der Waals surface area contributed by atoms with Crippen LogP contribution < -0.4 is 10.1 Å². The van der Waals surface area contributed by atoms with Crippen molar-refractivity contribution < 1.29 is 13.9 Å². The van der Waals surface area contributed by atoms with Crippen molar-refractivity contribution in [2.24, 2.45) is 5.92 Å². The van der Waals surface area contributed by atoms with Crippen molar-refractivity contribution in [3.8, 4) is 39.7 Å². The van der Waals surface area contributed by atoms with E-state index in [0.29, 0.717) is 52.0 Å². The van der Waals surface area contributed by atoms with E-state index >= 15 is 0 Å². The van der Waals surface area contributed by atoms with Gasteiger partial charge in [-0.05, 0) is 69.1 Å². The number of aromatic amines is 2. The van der Waals surface area contributed by atoms with Crippen LogP contribution in [0, 0.1) is 11.7 Å². The van der Waals surface area contributed by atoms with Gasteiger partial charge >= 0.3 is 0 Å². The highest BCUT2D eigenvalue weighted by atomic mass is 19.1. The maximum Gasteiger partial charge on any atom is 0.227 e. The van der Waals surface area contributed by atoms with E-state index in [1.807, 2.05) is 18.2 Å². The molecule has 8 rings (SSSR count). The third kappa shape index (κ3) is 5.60. The van der Waals surface area contributed by atoms with Crippen LogP contribution in [0.5, 0.6) is 5.75 Å². The average molecular weight is 604 g/mol. The van der Waals surface area contributed by atoms with Crippen LogP contribution in [0.4, 0.5) is 10.1 Å². The summed E-state index contributed by atoms with van der Waals surface area (Å²) in [6, 6.07) is 10.3. The molecule has 1 aromatic carbocycles. The van der Waals surface area contributed by atoms with Crippen molar-refractivity contribution in [1.82, 2.24) is 40.0 Å². The summed E-state index contributed by atoms with van der Waals surface area (Å²) < 4.78 is 20.7. The molecule has 226 valence electrons. The van der Waals surface area contributed by atoms with Crippen LogP contribution in [0.3, 0.4) is 0 Å². The molecule has 0 atom stereocenters. The maximum atomic E-state index is 14.8. The highest BCUT2D eigenvalue weighted by Gasteiger charge is 2.29. The highest BCUT2D eigenvalue weighted by Crippen LogP contribution is 2.34. The number of H-pyrrole nitrogens is 2. The average Bonchev–Trinajstić information content (AvgIpc) is 3.40. The number of likely N-dealkylation sites (tertiary alicyclic amines) is 1. The monoisotopic (exact) mass is 603 g/mol. The summed E-state index contributed by atoms with van der Waals surface area (Å²) in [5, 5.41) is 11.2. The van der Waals surface area contributed by atoms with Crippen LogP contribution in [0.25, 0.3) is 56.0 Å². The van der Waals surface area contributed by atoms with E-state index in [1.54, 1.807) is 30.9 Å². The Morgan fingerprint density at radius 2 is 1.89 bits per heavy atom. The van der Waals surface area contributed by atoms with Gasteiger partial charge in [-0.15, -0.1) is 0 Å². The van der Waals surface area contributed by atoms with Gasteiger partial charge in [0.05, 0.1) is 28.5 Å². The Morgan fingerprint density at radius 1 is 1.02 bits per heavy atom. The number of nitrogens with one attached hydrogen (secondary N) is 3. The number of hydrogen-bond acceptors (Lipinski definition) is 8. The minimum absolute atomic E-state index is 0.0258. The minimum atomic E-state index is -0.401. The molecule has 12 heteroatoms. The zero-order valence-corrected chi connectivity index (χ0v) is 24.4. The number of amides is 1. The first kappa shape index (κ1) is 27.3. The first-order valence-electron chi connectivity index (χ1n) is 15.2. The lowest BCUT2D eigenvalue weighted by molar-refractivity contribution is -0.117. The van der Waals surface area contributed by atoms with Crippen molar-refractivity contribution in [2.45, 2.75) is 25.7 Å². The Hall–Kier alpha value is -5.23. The van der Waals surface area contributed by atoms with Gasteiger partial charge in [0.2, 0.25) is 5.91 Å². The number of ether oxygens (including phenoxy) is 1. The van der Waals surface area contributed by atoms with Crippen molar-refractivity contribution in [2.75, 3.05) is 31.6 Å². The number of fused-ring (bicyclic) bond motifs is 2. The second-order valence-electron chi connectivity index (χ2n) is 11.6. The summed E-state index contributed by atoms with van der Waals surface area (Å²) in [6.45, 7) is 3.47. The number of halogens is 1. The predicted molar refractivity (Wildman–Crippen MR) is 168 cm³/mol. The van der Waals surface area contributed by atoms with Gasteiger partial charge in [-0.3, -0.25) is 24.8 Å². The van der Waals surface area contributed by atoms with E-state index in [9.17, 15) is 9.18 Å². The number of carbonyl (C=O) groups excluding carboxylic acids is 1. The zero-order chi connectivity index (χ0) is 30.3. The molecule has 1 saturated carbocycles. The molecule has 0 spiro atoms. The number of carbonyl (C=O) groups is 1.